The largest absolute Gasteiger partial charge is 0.494 e. The van der Waals surface area contributed by atoms with Gasteiger partial charge < -0.3 is 14.9 Å². The summed E-state index contributed by atoms with van der Waals surface area (Å²) in [6.07, 6.45) is 0. The van der Waals surface area contributed by atoms with Gasteiger partial charge in [0.2, 0.25) is 0 Å². The minimum Gasteiger partial charge on any atom is -0.494 e. The standard InChI is InChI=1S/C17H24N2O2/c1-4-20-15-7-5-6-14(10-15)17(11-18)19(3)12-16-9-8-13(2)21-16/h5-10,17H,4,11-12,18H2,1-3H3. The van der Waals surface area contributed by atoms with Crippen molar-refractivity contribution in [1.82, 2.24) is 4.90 Å². The van der Waals surface area contributed by atoms with Crippen LogP contribution in [0.5, 0.6) is 5.75 Å². The number of furan rings is 1. The van der Waals surface area contributed by atoms with Crippen molar-refractivity contribution in [3.05, 3.63) is 53.5 Å². The molecule has 1 unspecified atom stereocenters. The maximum absolute atomic E-state index is 5.98. The molecule has 0 saturated heterocycles. The first-order valence-electron chi connectivity index (χ1n) is 7.32. The topological polar surface area (TPSA) is 51.6 Å². The highest BCUT2D eigenvalue weighted by Gasteiger charge is 2.17. The van der Waals surface area contributed by atoms with Gasteiger partial charge in [-0.2, -0.15) is 0 Å². The van der Waals surface area contributed by atoms with E-state index in [9.17, 15) is 0 Å². The fraction of sp³-hybridized carbons (Fsp3) is 0.412. The monoisotopic (exact) mass is 288 g/mol. The number of likely N-dealkylation sites (N-methyl/N-ethyl adjacent to an activating group) is 1. The van der Waals surface area contributed by atoms with Gasteiger partial charge in [0.1, 0.15) is 17.3 Å². The zero-order valence-electron chi connectivity index (χ0n) is 13.0. The molecule has 1 heterocycles. The van der Waals surface area contributed by atoms with Crippen molar-refractivity contribution in [3.8, 4) is 5.75 Å². The van der Waals surface area contributed by atoms with Gasteiger partial charge in [-0.1, -0.05) is 12.1 Å². The Hall–Kier alpha value is -1.78. The van der Waals surface area contributed by atoms with E-state index >= 15 is 0 Å². The Bertz CT molecular complexity index is 565. The van der Waals surface area contributed by atoms with Crippen LogP contribution in [0.15, 0.2) is 40.8 Å². The van der Waals surface area contributed by atoms with E-state index in [0.29, 0.717) is 13.2 Å². The van der Waals surface area contributed by atoms with E-state index in [4.69, 9.17) is 14.9 Å². The smallest absolute Gasteiger partial charge is 0.119 e. The van der Waals surface area contributed by atoms with Gasteiger partial charge in [0, 0.05) is 12.6 Å². The van der Waals surface area contributed by atoms with Crippen LogP contribution in [0.3, 0.4) is 0 Å². The van der Waals surface area contributed by atoms with Crippen molar-refractivity contribution in [2.75, 3.05) is 20.2 Å². The third kappa shape index (κ3) is 4.09. The van der Waals surface area contributed by atoms with Crippen LogP contribution in [0, 0.1) is 6.92 Å². The van der Waals surface area contributed by atoms with Crippen LogP contribution in [0.25, 0.3) is 0 Å². The summed E-state index contributed by atoms with van der Waals surface area (Å²) >= 11 is 0. The number of hydrogen-bond acceptors (Lipinski definition) is 4. The quantitative estimate of drug-likeness (QED) is 0.850. The Balaban J connectivity index is 2.12. The summed E-state index contributed by atoms with van der Waals surface area (Å²) in [5.41, 5.74) is 7.14. The highest BCUT2D eigenvalue weighted by Crippen LogP contribution is 2.24. The second kappa shape index (κ2) is 7.29. The zero-order chi connectivity index (χ0) is 15.2. The summed E-state index contributed by atoms with van der Waals surface area (Å²) in [6.45, 7) is 5.88. The number of rotatable bonds is 7. The van der Waals surface area contributed by atoms with Gasteiger partial charge in [0.15, 0.2) is 0 Å². The number of aryl methyl sites for hydroxylation is 1. The molecule has 2 rings (SSSR count). The molecule has 1 atom stereocenters. The molecule has 4 heteroatoms. The molecule has 1 aromatic carbocycles. The van der Waals surface area contributed by atoms with Gasteiger partial charge >= 0.3 is 0 Å². The molecule has 0 amide bonds. The van der Waals surface area contributed by atoms with E-state index in [1.165, 1.54) is 0 Å². The fourth-order valence-corrected chi connectivity index (χ4v) is 2.47. The molecule has 0 aliphatic rings. The van der Waals surface area contributed by atoms with Crippen LogP contribution < -0.4 is 10.5 Å². The van der Waals surface area contributed by atoms with Gasteiger partial charge in [-0.15, -0.1) is 0 Å². The molecule has 0 aliphatic carbocycles. The van der Waals surface area contributed by atoms with Crippen LogP contribution in [0.2, 0.25) is 0 Å². The molecule has 0 saturated carbocycles. The lowest BCUT2D eigenvalue weighted by atomic mass is 10.1. The maximum Gasteiger partial charge on any atom is 0.119 e. The van der Waals surface area contributed by atoms with E-state index in [-0.39, 0.29) is 6.04 Å². The molecule has 4 nitrogen and oxygen atoms in total. The molecular formula is C17H24N2O2. The summed E-state index contributed by atoms with van der Waals surface area (Å²) in [4.78, 5) is 2.20. The van der Waals surface area contributed by atoms with Crippen molar-refractivity contribution in [2.24, 2.45) is 5.73 Å². The number of benzene rings is 1. The van der Waals surface area contributed by atoms with Gasteiger partial charge in [-0.25, -0.2) is 0 Å². The first kappa shape index (κ1) is 15.6. The highest BCUT2D eigenvalue weighted by molar-refractivity contribution is 5.31. The van der Waals surface area contributed by atoms with Crippen LogP contribution in [0.4, 0.5) is 0 Å². The first-order valence-corrected chi connectivity index (χ1v) is 7.32. The molecule has 21 heavy (non-hydrogen) atoms. The molecule has 2 N–H and O–H groups in total. The van der Waals surface area contributed by atoms with Crippen molar-refractivity contribution < 1.29 is 9.15 Å². The van der Waals surface area contributed by atoms with E-state index in [2.05, 4.69) is 24.1 Å². The first-order chi connectivity index (χ1) is 10.1. The summed E-state index contributed by atoms with van der Waals surface area (Å²) in [7, 11) is 2.06. The predicted molar refractivity (Wildman–Crippen MR) is 84.3 cm³/mol. The predicted octanol–water partition coefficient (Wildman–Crippen LogP) is 3.12. The number of ether oxygens (including phenoxy) is 1. The Morgan fingerprint density at radius 1 is 1.29 bits per heavy atom. The molecule has 0 spiro atoms. The van der Waals surface area contributed by atoms with E-state index < -0.39 is 0 Å². The molecule has 0 fully saturated rings. The zero-order valence-corrected chi connectivity index (χ0v) is 13.0. The number of nitrogens with two attached hydrogens (primary N) is 1. The fourth-order valence-electron chi connectivity index (χ4n) is 2.47. The average molecular weight is 288 g/mol. The van der Waals surface area contributed by atoms with E-state index in [1.54, 1.807) is 0 Å². The average Bonchev–Trinajstić information content (AvgIpc) is 2.86. The Labute approximate surface area is 126 Å². The normalized spacial score (nSPS) is 12.6. The van der Waals surface area contributed by atoms with Gasteiger partial charge in [0.25, 0.3) is 0 Å². The lowest BCUT2D eigenvalue weighted by molar-refractivity contribution is 0.221. The van der Waals surface area contributed by atoms with Gasteiger partial charge in [0.05, 0.1) is 13.2 Å². The SMILES string of the molecule is CCOc1cccc(C(CN)N(C)Cc2ccc(C)o2)c1. The molecule has 0 radical (unpaired) electrons. The summed E-state index contributed by atoms with van der Waals surface area (Å²) in [5, 5.41) is 0. The summed E-state index contributed by atoms with van der Waals surface area (Å²) in [5.74, 6) is 2.77. The van der Waals surface area contributed by atoms with Crippen LogP contribution in [-0.4, -0.2) is 25.1 Å². The van der Waals surface area contributed by atoms with Gasteiger partial charge in [-0.3, -0.25) is 4.90 Å². The maximum atomic E-state index is 5.98. The second-order valence-corrected chi connectivity index (χ2v) is 5.18. The molecule has 0 bridgehead atoms. The Morgan fingerprint density at radius 3 is 2.71 bits per heavy atom. The second-order valence-electron chi connectivity index (χ2n) is 5.18. The van der Waals surface area contributed by atoms with Crippen LogP contribution >= 0.6 is 0 Å². The Morgan fingerprint density at radius 2 is 2.10 bits per heavy atom. The van der Waals surface area contributed by atoms with E-state index in [0.717, 1.165) is 29.4 Å². The van der Waals surface area contributed by atoms with Crippen LogP contribution in [-0.2, 0) is 6.54 Å². The third-order valence-electron chi connectivity index (χ3n) is 3.51. The van der Waals surface area contributed by atoms with Crippen molar-refractivity contribution in [3.63, 3.8) is 0 Å². The molecule has 2 aromatic rings. The number of hydrogen-bond donors (Lipinski definition) is 1. The molecular weight excluding hydrogens is 264 g/mol. The van der Waals surface area contributed by atoms with Crippen molar-refractivity contribution in [1.29, 1.82) is 0 Å². The van der Waals surface area contributed by atoms with E-state index in [1.807, 2.05) is 38.1 Å². The minimum atomic E-state index is 0.135. The minimum absolute atomic E-state index is 0.135. The highest BCUT2D eigenvalue weighted by atomic mass is 16.5. The third-order valence-corrected chi connectivity index (χ3v) is 3.51. The summed E-state index contributed by atoms with van der Waals surface area (Å²) in [6, 6.07) is 12.3. The van der Waals surface area contributed by atoms with Gasteiger partial charge in [-0.05, 0) is 50.7 Å². The number of nitrogens with zero attached hydrogens (tertiary/aromatic N) is 1. The molecule has 0 aliphatic heterocycles. The van der Waals surface area contributed by atoms with Crippen molar-refractivity contribution >= 4 is 0 Å². The Kier molecular flexibility index (Phi) is 5.42. The van der Waals surface area contributed by atoms with Crippen LogP contribution in [0.1, 0.15) is 30.0 Å². The molecule has 1 aromatic heterocycles. The lowest BCUT2D eigenvalue weighted by Gasteiger charge is -2.26. The lowest BCUT2D eigenvalue weighted by Crippen LogP contribution is -2.30. The summed E-state index contributed by atoms with van der Waals surface area (Å²) < 4.78 is 11.2. The van der Waals surface area contributed by atoms with Crippen molar-refractivity contribution in [2.45, 2.75) is 26.4 Å². The molecule has 114 valence electrons.